The smallest absolute Gasteiger partial charge is 0.252 e. The molecule has 2 fully saturated rings. The number of hydrogen-bond acceptors (Lipinski definition) is 4. The molecule has 0 bridgehead atoms. The number of anilines is 2. The van der Waals surface area contributed by atoms with E-state index >= 15 is 0 Å². The lowest BCUT2D eigenvalue weighted by molar-refractivity contribution is -0.131. The summed E-state index contributed by atoms with van der Waals surface area (Å²) >= 11 is 12.0. The van der Waals surface area contributed by atoms with Gasteiger partial charge in [-0.2, -0.15) is 0 Å². The van der Waals surface area contributed by atoms with Gasteiger partial charge in [0.05, 0.1) is 0 Å². The van der Waals surface area contributed by atoms with Crippen LogP contribution in [0.15, 0.2) is 66.9 Å². The first-order valence-electron chi connectivity index (χ1n) is 12.4. The third kappa shape index (κ3) is 7.11. The average Bonchev–Trinajstić information content (AvgIpc) is 3.33. The maximum Gasteiger partial charge on any atom is 0.252 e. The fourth-order valence-corrected chi connectivity index (χ4v) is 4.89. The molecule has 1 N–H and O–H groups in total. The van der Waals surface area contributed by atoms with E-state index in [2.05, 4.69) is 10.3 Å². The molecule has 1 aliphatic carbocycles. The summed E-state index contributed by atoms with van der Waals surface area (Å²) in [6, 6.07) is 13.0. The number of benzene rings is 2. The van der Waals surface area contributed by atoms with Gasteiger partial charge in [0.15, 0.2) is 0 Å². The van der Waals surface area contributed by atoms with Crippen LogP contribution in [0.1, 0.15) is 37.3 Å². The molecular formula is C28H25Cl2F3N4O3. The van der Waals surface area contributed by atoms with Crippen molar-refractivity contribution in [3.63, 3.8) is 0 Å². The Morgan fingerprint density at radius 2 is 1.88 bits per heavy atom. The molecule has 2 aromatic carbocycles. The Hall–Kier alpha value is -3.63. The summed E-state index contributed by atoms with van der Waals surface area (Å²) in [6.45, 7) is 0.756. The van der Waals surface area contributed by atoms with Crippen LogP contribution in [-0.4, -0.2) is 41.7 Å². The predicted octanol–water partition coefficient (Wildman–Crippen LogP) is 5.96. The zero-order valence-corrected chi connectivity index (χ0v) is 22.6. The van der Waals surface area contributed by atoms with E-state index in [1.54, 1.807) is 47.5 Å². The molecular weight excluding hydrogens is 568 g/mol. The van der Waals surface area contributed by atoms with E-state index in [0.717, 1.165) is 23.9 Å². The molecule has 2 heterocycles. The van der Waals surface area contributed by atoms with Crippen LogP contribution in [0.2, 0.25) is 10.0 Å². The number of aromatic nitrogens is 1. The van der Waals surface area contributed by atoms with E-state index in [1.165, 1.54) is 18.2 Å². The normalized spacial score (nSPS) is 16.8. The quantitative estimate of drug-likeness (QED) is 0.343. The summed E-state index contributed by atoms with van der Waals surface area (Å²) in [6.07, 6.45) is 2.60. The van der Waals surface area contributed by atoms with Crippen molar-refractivity contribution in [2.45, 2.75) is 43.7 Å². The van der Waals surface area contributed by atoms with Crippen LogP contribution in [0.4, 0.5) is 24.7 Å². The Bertz CT molecular complexity index is 1390. The summed E-state index contributed by atoms with van der Waals surface area (Å²) in [5.74, 6) is -3.26. The molecule has 1 saturated heterocycles. The Balaban J connectivity index is 0.000000236. The Kier molecular flexibility index (Phi) is 9.32. The van der Waals surface area contributed by atoms with Crippen LogP contribution in [0.3, 0.4) is 0 Å². The molecule has 1 atom stereocenters. The third-order valence-corrected chi connectivity index (χ3v) is 7.02. The van der Waals surface area contributed by atoms with Gasteiger partial charge in [0.1, 0.15) is 17.7 Å². The van der Waals surface area contributed by atoms with Crippen LogP contribution in [0, 0.1) is 5.82 Å². The number of nitrogens with one attached hydrogen (secondary N) is 1. The number of nitrogens with zero attached hydrogens (tertiary/aromatic N) is 3. The number of pyridine rings is 1. The van der Waals surface area contributed by atoms with Gasteiger partial charge in [-0.3, -0.25) is 24.2 Å². The van der Waals surface area contributed by atoms with Crippen molar-refractivity contribution in [1.82, 2.24) is 10.3 Å². The zero-order chi connectivity index (χ0) is 28.9. The Morgan fingerprint density at radius 1 is 1.12 bits per heavy atom. The van der Waals surface area contributed by atoms with Gasteiger partial charge in [-0.1, -0.05) is 47.5 Å². The molecule has 1 aromatic heterocycles. The molecule has 3 aromatic rings. The van der Waals surface area contributed by atoms with Crippen LogP contribution in [-0.2, 0) is 14.4 Å². The van der Waals surface area contributed by atoms with Crippen LogP contribution < -0.4 is 15.1 Å². The lowest BCUT2D eigenvalue weighted by Gasteiger charge is -2.37. The highest BCUT2D eigenvalue weighted by Crippen LogP contribution is 2.38. The van der Waals surface area contributed by atoms with Gasteiger partial charge in [-0.25, -0.2) is 18.2 Å². The molecule has 12 heteroatoms. The predicted molar refractivity (Wildman–Crippen MR) is 146 cm³/mol. The SMILES string of the molecule is O=C1CCCN1c1cc(Cl)ccn1.O=CN(c1cccc(F)c1)C(C(=O)NC1CC(F)(F)C1)c1ccccc1Cl. The standard InChI is InChI=1S/C19H16ClF3N2O2.C9H9ClN2O/c20-16-7-2-1-6-15(16)17(18(27)24-13-9-19(22,23)10-13)25(11-26)14-5-3-4-12(21)8-14;10-7-3-4-11-8(6-7)12-5-1-2-9(12)13/h1-8,11,13,17H,9-10H2,(H,24,27);3-4,6H,1-2,5H2. The monoisotopic (exact) mass is 592 g/mol. The first-order valence-corrected chi connectivity index (χ1v) is 13.2. The lowest BCUT2D eigenvalue weighted by atomic mass is 9.87. The summed E-state index contributed by atoms with van der Waals surface area (Å²) in [4.78, 5) is 42.8. The highest BCUT2D eigenvalue weighted by molar-refractivity contribution is 6.31. The van der Waals surface area contributed by atoms with Gasteiger partial charge < -0.3 is 5.32 Å². The topological polar surface area (TPSA) is 82.6 Å². The summed E-state index contributed by atoms with van der Waals surface area (Å²) in [5.41, 5.74) is 0.447. The van der Waals surface area contributed by atoms with Crippen molar-refractivity contribution in [1.29, 1.82) is 0 Å². The lowest BCUT2D eigenvalue weighted by Crippen LogP contribution is -2.53. The molecule has 0 spiro atoms. The Morgan fingerprint density at radius 3 is 2.48 bits per heavy atom. The van der Waals surface area contributed by atoms with Crippen LogP contribution in [0.5, 0.6) is 0 Å². The zero-order valence-electron chi connectivity index (χ0n) is 21.1. The van der Waals surface area contributed by atoms with Gasteiger partial charge in [0, 0.05) is 59.3 Å². The second-order valence-corrected chi connectivity index (χ2v) is 10.2. The minimum Gasteiger partial charge on any atom is -0.351 e. The van der Waals surface area contributed by atoms with E-state index in [0.29, 0.717) is 29.2 Å². The first-order chi connectivity index (χ1) is 19.1. The number of rotatable bonds is 7. The number of hydrogen-bond donors (Lipinski definition) is 1. The molecule has 210 valence electrons. The first kappa shape index (κ1) is 29.4. The average molecular weight is 593 g/mol. The number of alkyl halides is 2. The van der Waals surface area contributed by atoms with E-state index in [9.17, 15) is 27.6 Å². The fourth-order valence-electron chi connectivity index (χ4n) is 4.50. The molecule has 5 rings (SSSR count). The van der Waals surface area contributed by atoms with E-state index < -0.39 is 42.6 Å². The highest BCUT2D eigenvalue weighted by Gasteiger charge is 2.47. The molecule has 40 heavy (non-hydrogen) atoms. The van der Waals surface area contributed by atoms with Crippen molar-refractivity contribution in [2.75, 3.05) is 16.3 Å². The van der Waals surface area contributed by atoms with E-state index in [-0.39, 0.29) is 16.6 Å². The second-order valence-electron chi connectivity index (χ2n) is 9.37. The number of amides is 3. The molecule has 0 radical (unpaired) electrons. The van der Waals surface area contributed by atoms with E-state index in [4.69, 9.17) is 23.2 Å². The third-order valence-electron chi connectivity index (χ3n) is 6.44. The van der Waals surface area contributed by atoms with Crippen molar-refractivity contribution < 1.29 is 27.6 Å². The number of halogens is 5. The van der Waals surface area contributed by atoms with Crippen molar-refractivity contribution in [3.8, 4) is 0 Å². The van der Waals surface area contributed by atoms with Gasteiger partial charge in [-0.15, -0.1) is 0 Å². The second kappa shape index (κ2) is 12.7. The van der Waals surface area contributed by atoms with Crippen molar-refractivity contribution in [3.05, 3.63) is 88.3 Å². The van der Waals surface area contributed by atoms with Gasteiger partial charge in [0.25, 0.3) is 5.92 Å². The molecule has 1 aliphatic heterocycles. The van der Waals surface area contributed by atoms with Crippen LogP contribution >= 0.6 is 23.2 Å². The van der Waals surface area contributed by atoms with E-state index in [1.807, 2.05) is 0 Å². The fraction of sp³-hybridized carbons (Fsp3) is 0.286. The Labute approximate surface area is 238 Å². The molecule has 1 saturated carbocycles. The van der Waals surface area contributed by atoms with Gasteiger partial charge >= 0.3 is 0 Å². The minimum atomic E-state index is -2.80. The molecule has 7 nitrogen and oxygen atoms in total. The number of carbonyl (C=O) groups is 3. The summed E-state index contributed by atoms with van der Waals surface area (Å²) in [7, 11) is 0. The summed E-state index contributed by atoms with van der Waals surface area (Å²) in [5, 5.41) is 3.36. The number of carbonyl (C=O) groups excluding carboxylic acids is 3. The van der Waals surface area contributed by atoms with Crippen LogP contribution in [0.25, 0.3) is 0 Å². The minimum absolute atomic E-state index is 0.134. The maximum absolute atomic E-state index is 13.6. The van der Waals surface area contributed by atoms with Gasteiger partial charge in [-0.05, 0) is 42.8 Å². The summed E-state index contributed by atoms with van der Waals surface area (Å²) < 4.78 is 39.8. The molecule has 1 unspecified atom stereocenters. The molecule has 2 aliphatic rings. The highest BCUT2D eigenvalue weighted by atomic mass is 35.5. The van der Waals surface area contributed by atoms with Crippen molar-refractivity contribution in [2.24, 2.45) is 0 Å². The van der Waals surface area contributed by atoms with Gasteiger partial charge in [0.2, 0.25) is 18.2 Å². The molecule has 3 amide bonds. The largest absolute Gasteiger partial charge is 0.351 e. The maximum atomic E-state index is 13.6. The van der Waals surface area contributed by atoms with Crippen molar-refractivity contribution >= 4 is 52.9 Å².